The minimum absolute atomic E-state index is 0.670. The molecule has 66 valence electrons. The first kappa shape index (κ1) is 9.05. The minimum Gasteiger partial charge on any atom is -0.313 e. The average molecular weight is 155 g/mol. The highest BCUT2D eigenvalue weighted by Crippen LogP contribution is 2.39. The largest absolute Gasteiger partial charge is 0.313 e. The summed E-state index contributed by atoms with van der Waals surface area (Å²) in [5, 5.41) is 3.52. The molecule has 0 aromatic rings. The van der Waals surface area contributed by atoms with Gasteiger partial charge >= 0.3 is 0 Å². The van der Waals surface area contributed by atoms with Gasteiger partial charge in [-0.3, -0.25) is 0 Å². The summed E-state index contributed by atoms with van der Waals surface area (Å²) in [5.74, 6) is 0. The van der Waals surface area contributed by atoms with Crippen LogP contribution in [0.15, 0.2) is 0 Å². The van der Waals surface area contributed by atoms with Gasteiger partial charge in [-0.05, 0) is 24.7 Å². The van der Waals surface area contributed by atoms with Gasteiger partial charge < -0.3 is 5.32 Å². The van der Waals surface area contributed by atoms with Crippen LogP contribution in [0.2, 0.25) is 0 Å². The lowest BCUT2D eigenvalue weighted by Crippen LogP contribution is -2.61. The Balaban J connectivity index is 2.46. The quantitative estimate of drug-likeness (QED) is 0.658. The van der Waals surface area contributed by atoms with Crippen molar-refractivity contribution in [3.8, 4) is 0 Å². The summed E-state index contributed by atoms with van der Waals surface area (Å²) in [5.41, 5.74) is 0.670. The fourth-order valence-electron chi connectivity index (χ4n) is 2.42. The lowest BCUT2D eigenvalue weighted by Gasteiger charge is -2.50. The maximum atomic E-state index is 3.52. The Morgan fingerprint density at radius 3 is 2.36 bits per heavy atom. The summed E-state index contributed by atoms with van der Waals surface area (Å²) >= 11 is 0. The molecule has 1 fully saturated rings. The zero-order valence-electron chi connectivity index (χ0n) is 8.11. The van der Waals surface area contributed by atoms with Crippen LogP contribution in [0.5, 0.6) is 0 Å². The predicted molar refractivity (Wildman–Crippen MR) is 49.7 cm³/mol. The van der Waals surface area contributed by atoms with E-state index in [1.807, 2.05) is 0 Å². The van der Waals surface area contributed by atoms with Crippen molar-refractivity contribution in [1.29, 1.82) is 0 Å². The third kappa shape index (κ3) is 1.44. The molecule has 2 unspecified atom stereocenters. The van der Waals surface area contributed by atoms with Crippen molar-refractivity contribution in [3.05, 3.63) is 0 Å². The molecule has 2 atom stereocenters. The zero-order valence-corrected chi connectivity index (χ0v) is 8.11. The van der Waals surface area contributed by atoms with E-state index in [0.29, 0.717) is 5.41 Å². The Labute approximate surface area is 70.6 Å². The molecule has 1 aliphatic heterocycles. The van der Waals surface area contributed by atoms with E-state index in [9.17, 15) is 0 Å². The minimum atomic E-state index is 0.670. The molecular formula is C10H21N. The highest BCUT2D eigenvalue weighted by atomic mass is 15.0. The molecule has 0 aromatic heterocycles. The molecule has 1 nitrogen and oxygen atoms in total. The molecule has 0 aromatic carbocycles. The molecule has 1 aliphatic rings. The molecule has 0 radical (unpaired) electrons. The van der Waals surface area contributed by atoms with E-state index >= 15 is 0 Å². The summed E-state index contributed by atoms with van der Waals surface area (Å²) < 4.78 is 0. The van der Waals surface area contributed by atoms with Crippen LogP contribution in [0.1, 0.15) is 46.5 Å². The summed E-state index contributed by atoms with van der Waals surface area (Å²) in [6.07, 6.45) is 5.40. The van der Waals surface area contributed by atoms with Crippen LogP contribution in [0.3, 0.4) is 0 Å². The average Bonchev–Trinajstić information content (AvgIpc) is 1.99. The Kier molecular flexibility index (Phi) is 2.94. The van der Waals surface area contributed by atoms with Crippen LogP contribution in [-0.2, 0) is 0 Å². The van der Waals surface area contributed by atoms with Crippen molar-refractivity contribution in [2.45, 2.75) is 52.5 Å². The SMILES string of the molecule is CCCC1(CC)CNC1CC. The fourth-order valence-corrected chi connectivity index (χ4v) is 2.42. The van der Waals surface area contributed by atoms with Crippen molar-refractivity contribution in [3.63, 3.8) is 0 Å². The molecule has 0 saturated carbocycles. The molecule has 1 N–H and O–H groups in total. The second-order valence-corrected chi connectivity index (χ2v) is 3.81. The standard InChI is InChI=1S/C10H21N/c1-4-7-10(6-3)8-11-9(10)5-2/h9,11H,4-8H2,1-3H3. The summed E-state index contributed by atoms with van der Waals surface area (Å²) in [6, 6.07) is 0.812. The van der Waals surface area contributed by atoms with Crippen LogP contribution in [-0.4, -0.2) is 12.6 Å². The van der Waals surface area contributed by atoms with Gasteiger partial charge in [0.15, 0.2) is 0 Å². The lowest BCUT2D eigenvalue weighted by atomic mass is 9.67. The van der Waals surface area contributed by atoms with E-state index in [-0.39, 0.29) is 0 Å². The van der Waals surface area contributed by atoms with E-state index in [1.165, 1.54) is 32.2 Å². The molecule has 0 amide bonds. The second kappa shape index (κ2) is 3.57. The van der Waals surface area contributed by atoms with Crippen LogP contribution in [0, 0.1) is 5.41 Å². The molecule has 1 saturated heterocycles. The molecular weight excluding hydrogens is 134 g/mol. The van der Waals surface area contributed by atoms with Crippen LogP contribution < -0.4 is 5.32 Å². The zero-order chi connectivity index (χ0) is 8.32. The first-order chi connectivity index (χ1) is 5.29. The Bertz CT molecular complexity index is 116. The second-order valence-electron chi connectivity index (χ2n) is 3.81. The summed E-state index contributed by atoms with van der Waals surface area (Å²) in [7, 11) is 0. The lowest BCUT2D eigenvalue weighted by molar-refractivity contribution is 0.0619. The fraction of sp³-hybridized carbons (Fsp3) is 1.00. The van der Waals surface area contributed by atoms with E-state index in [1.54, 1.807) is 0 Å². The number of hydrogen-bond acceptors (Lipinski definition) is 1. The predicted octanol–water partition coefficient (Wildman–Crippen LogP) is 2.56. The van der Waals surface area contributed by atoms with Crippen molar-refractivity contribution >= 4 is 0 Å². The van der Waals surface area contributed by atoms with Gasteiger partial charge in [-0.2, -0.15) is 0 Å². The third-order valence-corrected chi connectivity index (χ3v) is 3.30. The third-order valence-electron chi connectivity index (χ3n) is 3.30. The molecule has 0 bridgehead atoms. The maximum Gasteiger partial charge on any atom is 0.0133 e. The van der Waals surface area contributed by atoms with E-state index in [2.05, 4.69) is 26.1 Å². The van der Waals surface area contributed by atoms with E-state index < -0.39 is 0 Å². The maximum absolute atomic E-state index is 3.52. The number of nitrogens with one attached hydrogen (secondary N) is 1. The Morgan fingerprint density at radius 2 is 2.09 bits per heavy atom. The molecule has 1 rings (SSSR count). The number of hydrogen-bond donors (Lipinski definition) is 1. The smallest absolute Gasteiger partial charge is 0.0133 e. The van der Waals surface area contributed by atoms with E-state index in [0.717, 1.165) is 6.04 Å². The molecule has 11 heavy (non-hydrogen) atoms. The van der Waals surface area contributed by atoms with Crippen LogP contribution >= 0.6 is 0 Å². The van der Waals surface area contributed by atoms with Crippen LogP contribution in [0.4, 0.5) is 0 Å². The number of rotatable bonds is 4. The van der Waals surface area contributed by atoms with Gasteiger partial charge in [0.1, 0.15) is 0 Å². The van der Waals surface area contributed by atoms with Crippen molar-refractivity contribution in [2.75, 3.05) is 6.54 Å². The van der Waals surface area contributed by atoms with Crippen molar-refractivity contribution < 1.29 is 0 Å². The highest BCUT2D eigenvalue weighted by Gasteiger charge is 2.42. The molecule has 1 heteroatoms. The van der Waals surface area contributed by atoms with Crippen LogP contribution in [0.25, 0.3) is 0 Å². The molecule has 0 spiro atoms. The molecule has 1 heterocycles. The summed E-state index contributed by atoms with van der Waals surface area (Å²) in [6.45, 7) is 8.17. The first-order valence-corrected chi connectivity index (χ1v) is 5.02. The summed E-state index contributed by atoms with van der Waals surface area (Å²) in [4.78, 5) is 0. The van der Waals surface area contributed by atoms with E-state index in [4.69, 9.17) is 0 Å². The topological polar surface area (TPSA) is 12.0 Å². The Morgan fingerprint density at radius 1 is 1.36 bits per heavy atom. The van der Waals surface area contributed by atoms with Gasteiger partial charge in [-0.15, -0.1) is 0 Å². The van der Waals surface area contributed by atoms with Gasteiger partial charge in [0.25, 0.3) is 0 Å². The van der Waals surface area contributed by atoms with Gasteiger partial charge in [0, 0.05) is 12.6 Å². The van der Waals surface area contributed by atoms with Gasteiger partial charge in [-0.1, -0.05) is 27.2 Å². The normalized spacial score (nSPS) is 36.8. The van der Waals surface area contributed by atoms with Crippen molar-refractivity contribution in [1.82, 2.24) is 5.32 Å². The van der Waals surface area contributed by atoms with Gasteiger partial charge in [0.05, 0.1) is 0 Å². The monoisotopic (exact) mass is 155 g/mol. The van der Waals surface area contributed by atoms with Crippen molar-refractivity contribution in [2.24, 2.45) is 5.41 Å². The van der Waals surface area contributed by atoms with Gasteiger partial charge in [-0.25, -0.2) is 0 Å². The van der Waals surface area contributed by atoms with Gasteiger partial charge in [0.2, 0.25) is 0 Å². The molecule has 0 aliphatic carbocycles. The Hall–Kier alpha value is -0.0400. The first-order valence-electron chi connectivity index (χ1n) is 5.02. The highest BCUT2D eigenvalue weighted by molar-refractivity contribution is 4.99.